The second-order valence-electron chi connectivity index (χ2n) is 6.87. The first-order valence-corrected chi connectivity index (χ1v) is 11.3. The molecule has 0 aliphatic heterocycles. The number of benzene rings is 1. The monoisotopic (exact) mass is 488 g/mol. The van der Waals surface area contributed by atoms with Gasteiger partial charge < -0.3 is 9.15 Å². The van der Waals surface area contributed by atoms with Gasteiger partial charge >= 0.3 is 5.97 Å². The van der Waals surface area contributed by atoms with Gasteiger partial charge in [0.2, 0.25) is 0 Å². The van der Waals surface area contributed by atoms with Gasteiger partial charge in [-0.1, -0.05) is 47.5 Å². The van der Waals surface area contributed by atoms with Crippen LogP contribution in [0.1, 0.15) is 35.7 Å². The smallest absolute Gasteiger partial charge is 0.331 e. The van der Waals surface area contributed by atoms with E-state index in [0.29, 0.717) is 33.9 Å². The highest BCUT2D eigenvalue weighted by Crippen LogP contribution is 2.27. The van der Waals surface area contributed by atoms with Crippen molar-refractivity contribution in [1.29, 1.82) is 0 Å². The van der Waals surface area contributed by atoms with E-state index in [1.54, 1.807) is 17.7 Å². The quantitative estimate of drug-likeness (QED) is 0.235. The lowest BCUT2D eigenvalue weighted by molar-refractivity contribution is -0.143. The third-order valence-corrected chi connectivity index (χ3v) is 6.21. The maximum absolute atomic E-state index is 12.3. The van der Waals surface area contributed by atoms with Gasteiger partial charge in [0.1, 0.15) is 5.15 Å². The highest BCUT2D eigenvalue weighted by Gasteiger charge is 2.19. The largest absolute Gasteiger partial charge is 0.449 e. The molecule has 32 heavy (non-hydrogen) atoms. The molecule has 3 heterocycles. The highest BCUT2D eigenvalue weighted by atomic mass is 35.5. The fraction of sp³-hybridized carbons (Fsp3) is 0.182. The van der Waals surface area contributed by atoms with E-state index in [-0.39, 0.29) is 5.89 Å². The number of nitrogens with zero attached hydrogens (tertiary/aromatic N) is 4. The molecule has 164 valence electrons. The van der Waals surface area contributed by atoms with Crippen molar-refractivity contribution in [2.45, 2.75) is 26.5 Å². The number of rotatable bonds is 7. The lowest BCUT2D eigenvalue weighted by atomic mass is 10.2. The first-order valence-electron chi connectivity index (χ1n) is 9.64. The van der Waals surface area contributed by atoms with E-state index in [2.05, 4.69) is 15.3 Å². The number of carbonyl (C=O) groups is 1. The Morgan fingerprint density at radius 1 is 1.25 bits per heavy atom. The molecule has 0 saturated carbocycles. The molecule has 10 heteroatoms. The van der Waals surface area contributed by atoms with Crippen LogP contribution in [0.5, 0.6) is 0 Å². The van der Waals surface area contributed by atoms with E-state index in [0.717, 1.165) is 10.4 Å². The van der Waals surface area contributed by atoms with Crippen LogP contribution < -0.4 is 0 Å². The van der Waals surface area contributed by atoms with Gasteiger partial charge in [0.15, 0.2) is 6.10 Å². The second kappa shape index (κ2) is 9.68. The minimum absolute atomic E-state index is 0.219. The number of carbonyl (C=O) groups excluding carboxylic acids is 1. The molecule has 0 aliphatic carbocycles. The fourth-order valence-corrected chi connectivity index (χ4v) is 4.10. The minimum atomic E-state index is -0.701. The average molecular weight is 489 g/mol. The molecular formula is C22H18Cl2N4O3S. The zero-order valence-electron chi connectivity index (χ0n) is 17.2. The van der Waals surface area contributed by atoms with Crippen LogP contribution in [0.3, 0.4) is 0 Å². The lowest BCUT2D eigenvalue weighted by Gasteiger charge is -2.07. The van der Waals surface area contributed by atoms with Crippen molar-refractivity contribution >= 4 is 46.6 Å². The second-order valence-corrected chi connectivity index (χ2v) is 8.59. The Hall–Kier alpha value is -2.94. The van der Waals surface area contributed by atoms with Gasteiger partial charge in [0.25, 0.3) is 11.8 Å². The Bertz CT molecular complexity index is 1260. The minimum Gasteiger partial charge on any atom is -0.449 e. The molecule has 1 unspecified atom stereocenters. The van der Waals surface area contributed by atoms with Gasteiger partial charge in [0, 0.05) is 16.7 Å². The summed E-state index contributed by atoms with van der Waals surface area (Å²) < 4.78 is 12.6. The molecule has 7 nitrogen and oxygen atoms in total. The van der Waals surface area contributed by atoms with Crippen LogP contribution in [0.4, 0.5) is 0 Å². The van der Waals surface area contributed by atoms with Crippen LogP contribution in [0.2, 0.25) is 10.2 Å². The van der Waals surface area contributed by atoms with E-state index in [4.69, 9.17) is 32.4 Å². The van der Waals surface area contributed by atoms with Crippen molar-refractivity contribution in [2.75, 3.05) is 0 Å². The van der Waals surface area contributed by atoms with Gasteiger partial charge in [-0.3, -0.25) is 0 Å². The Labute approximate surface area is 198 Å². The number of esters is 1. The lowest BCUT2D eigenvalue weighted by Crippen LogP contribution is -2.06. The zero-order valence-corrected chi connectivity index (χ0v) is 19.5. The average Bonchev–Trinajstić information content (AvgIpc) is 3.50. The Kier molecular flexibility index (Phi) is 6.74. The number of hydrogen-bond acceptors (Lipinski definition) is 7. The Morgan fingerprint density at radius 3 is 2.81 bits per heavy atom. The van der Waals surface area contributed by atoms with Crippen molar-refractivity contribution in [2.24, 2.45) is 0 Å². The van der Waals surface area contributed by atoms with Crippen LogP contribution in [0.25, 0.3) is 16.8 Å². The zero-order chi connectivity index (χ0) is 22.7. The summed E-state index contributed by atoms with van der Waals surface area (Å²) in [5.74, 6) is 0.0430. The van der Waals surface area contributed by atoms with Crippen LogP contribution in [0, 0.1) is 6.92 Å². The van der Waals surface area contributed by atoms with E-state index in [9.17, 15) is 4.79 Å². The summed E-state index contributed by atoms with van der Waals surface area (Å²) in [4.78, 5) is 13.2. The highest BCUT2D eigenvalue weighted by molar-refractivity contribution is 7.13. The topological polar surface area (TPSA) is 83.0 Å². The van der Waals surface area contributed by atoms with E-state index in [1.807, 2.05) is 48.7 Å². The van der Waals surface area contributed by atoms with Crippen molar-refractivity contribution in [3.8, 4) is 10.8 Å². The number of aromatic nitrogens is 4. The SMILES string of the molecule is Cc1nn(Cc2ccccc2Cl)c(Cl)c1/C=C/C(=O)OC(C)c1nnc(-c2cccs2)o1. The molecule has 0 aliphatic rings. The molecule has 0 radical (unpaired) electrons. The summed E-state index contributed by atoms with van der Waals surface area (Å²) in [5, 5.41) is 15.4. The van der Waals surface area contributed by atoms with Crippen molar-refractivity contribution in [3.05, 3.63) is 80.7 Å². The van der Waals surface area contributed by atoms with Crippen LogP contribution in [0.15, 0.2) is 52.3 Å². The number of halogens is 2. The molecule has 3 aromatic heterocycles. The molecule has 4 aromatic rings. The summed E-state index contributed by atoms with van der Waals surface area (Å²) in [5.41, 5.74) is 2.20. The van der Waals surface area contributed by atoms with Gasteiger partial charge in [0.05, 0.1) is 17.1 Å². The van der Waals surface area contributed by atoms with E-state index in [1.165, 1.54) is 17.4 Å². The third kappa shape index (κ3) is 4.93. The number of ether oxygens (including phenoxy) is 1. The number of aryl methyl sites for hydroxylation is 1. The predicted octanol–water partition coefficient (Wildman–Crippen LogP) is 5.98. The molecule has 0 saturated heterocycles. The fourth-order valence-electron chi connectivity index (χ4n) is 2.96. The summed E-state index contributed by atoms with van der Waals surface area (Å²) in [6.45, 7) is 3.89. The Morgan fingerprint density at radius 2 is 2.06 bits per heavy atom. The number of thiophene rings is 1. The normalized spacial score (nSPS) is 12.4. The van der Waals surface area contributed by atoms with Crippen LogP contribution in [-0.4, -0.2) is 25.9 Å². The first kappa shape index (κ1) is 22.3. The molecule has 1 aromatic carbocycles. The van der Waals surface area contributed by atoms with Crippen molar-refractivity contribution in [3.63, 3.8) is 0 Å². The molecule has 1 atom stereocenters. The maximum atomic E-state index is 12.3. The molecular weight excluding hydrogens is 471 g/mol. The van der Waals surface area contributed by atoms with Crippen LogP contribution in [-0.2, 0) is 16.1 Å². The predicted molar refractivity (Wildman–Crippen MR) is 124 cm³/mol. The van der Waals surface area contributed by atoms with Gasteiger partial charge in [-0.05, 0) is 43.0 Å². The molecule has 0 bridgehead atoms. The molecule has 4 rings (SSSR count). The Balaban J connectivity index is 1.42. The van der Waals surface area contributed by atoms with Crippen molar-refractivity contribution in [1.82, 2.24) is 20.0 Å². The molecule has 0 amide bonds. The van der Waals surface area contributed by atoms with Gasteiger partial charge in [-0.25, -0.2) is 9.48 Å². The molecule has 0 N–H and O–H groups in total. The number of hydrogen-bond donors (Lipinski definition) is 0. The first-order chi connectivity index (χ1) is 15.4. The third-order valence-electron chi connectivity index (χ3n) is 4.59. The molecule has 0 fully saturated rings. The van der Waals surface area contributed by atoms with Gasteiger partial charge in [-0.15, -0.1) is 21.5 Å². The van der Waals surface area contributed by atoms with E-state index < -0.39 is 12.1 Å². The maximum Gasteiger partial charge on any atom is 0.331 e. The summed E-state index contributed by atoms with van der Waals surface area (Å²) >= 11 is 14.2. The van der Waals surface area contributed by atoms with Crippen molar-refractivity contribution < 1.29 is 13.9 Å². The summed E-state index contributed by atoms with van der Waals surface area (Å²) in [6.07, 6.45) is 2.17. The standard InChI is InChI=1S/C22H18Cl2N4O3S/c1-13-16(20(24)28(27-13)12-15-6-3-4-7-17(15)23)9-10-19(29)30-14(2)21-25-26-22(31-21)18-8-5-11-32-18/h3-11,14H,12H2,1-2H3/b10-9+. The molecule has 0 spiro atoms. The van der Waals surface area contributed by atoms with Crippen LogP contribution >= 0.6 is 34.5 Å². The summed E-state index contributed by atoms with van der Waals surface area (Å²) in [7, 11) is 0. The van der Waals surface area contributed by atoms with Gasteiger partial charge in [-0.2, -0.15) is 5.10 Å². The van der Waals surface area contributed by atoms with E-state index >= 15 is 0 Å². The summed E-state index contributed by atoms with van der Waals surface area (Å²) in [6, 6.07) is 11.2.